The van der Waals surface area contributed by atoms with E-state index < -0.39 is 0 Å². The number of halogens is 1. The van der Waals surface area contributed by atoms with Crippen molar-refractivity contribution in [2.24, 2.45) is 0 Å². The van der Waals surface area contributed by atoms with E-state index in [0.29, 0.717) is 12.1 Å². The van der Waals surface area contributed by atoms with Gasteiger partial charge in [0.15, 0.2) is 0 Å². The van der Waals surface area contributed by atoms with Crippen LogP contribution in [0.15, 0.2) is 28.7 Å². The lowest BCUT2D eigenvalue weighted by Crippen LogP contribution is -2.47. The molecule has 3 atom stereocenters. The topological polar surface area (TPSA) is 21.3 Å². The van der Waals surface area contributed by atoms with Crippen LogP contribution in [0.2, 0.25) is 0 Å². The van der Waals surface area contributed by atoms with Crippen LogP contribution in [0, 0.1) is 0 Å². The molecule has 1 aliphatic heterocycles. The SMILES string of the molecule is CC1COC(c2ccc(Br)cc2)C(C)N1. The molecule has 1 heterocycles. The van der Waals surface area contributed by atoms with Crippen LogP contribution in [0.5, 0.6) is 0 Å². The average molecular weight is 270 g/mol. The Morgan fingerprint density at radius 1 is 1.27 bits per heavy atom. The van der Waals surface area contributed by atoms with Crippen molar-refractivity contribution in [3.05, 3.63) is 34.3 Å². The minimum atomic E-state index is 0.175. The van der Waals surface area contributed by atoms with Gasteiger partial charge in [0.1, 0.15) is 0 Å². The van der Waals surface area contributed by atoms with Crippen molar-refractivity contribution in [1.82, 2.24) is 5.32 Å². The van der Waals surface area contributed by atoms with E-state index in [4.69, 9.17) is 4.74 Å². The zero-order valence-electron chi connectivity index (χ0n) is 9.03. The number of morpholine rings is 1. The van der Waals surface area contributed by atoms with Crippen molar-refractivity contribution in [2.75, 3.05) is 6.61 Å². The van der Waals surface area contributed by atoms with Crippen molar-refractivity contribution in [2.45, 2.75) is 32.0 Å². The maximum Gasteiger partial charge on any atom is 0.0975 e. The quantitative estimate of drug-likeness (QED) is 0.847. The minimum absolute atomic E-state index is 0.175. The van der Waals surface area contributed by atoms with E-state index in [-0.39, 0.29) is 6.10 Å². The van der Waals surface area contributed by atoms with Crippen LogP contribution in [-0.2, 0) is 4.74 Å². The third-order valence-electron chi connectivity index (χ3n) is 2.73. The third kappa shape index (κ3) is 2.60. The molecule has 0 amide bonds. The first kappa shape index (κ1) is 11.1. The summed E-state index contributed by atoms with van der Waals surface area (Å²) in [5.41, 5.74) is 1.24. The Balaban J connectivity index is 2.13. The van der Waals surface area contributed by atoms with Gasteiger partial charge in [0.05, 0.1) is 12.7 Å². The van der Waals surface area contributed by atoms with Gasteiger partial charge in [-0.15, -0.1) is 0 Å². The molecule has 2 rings (SSSR count). The number of rotatable bonds is 1. The number of hydrogen-bond acceptors (Lipinski definition) is 2. The van der Waals surface area contributed by atoms with E-state index in [1.54, 1.807) is 0 Å². The van der Waals surface area contributed by atoms with Gasteiger partial charge in [0.2, 0.25) is 0 Å². The van der Waals surface area contributed by atoms with Gasteiger partial charge < -0.3 is 10.1 Å². The maximum absolute atomic E-state index is 5.85. The summed E-state index contributed by atoms with van der Waals surface area (Å²) < 4.78 is 6.96. The Morgan fingerprint density at radius 2 is 1.93 bits per heavy atom. The number of benzene rings is 1. The average Bonchev–Trinajstić information content (AvgIpc) is 2.20. The molecule has 3 unspecified atom stereocenters. The monoisotopic (exact) mass is 269 g/mol. The lowest BCUT2D eigenvalue weighted by atomic mass is 10.0. The van der Waals surface area contributed by atoms with Crippen LogP contribution in [0.1, 0.15) is 25.5 Å². The van der Waals surface area contributed by atoms with Crippen molar-refractivity contribution < 1.29 is 4.74 Å². The summed E-state index contributed by atoms with van der Waals surface area (Å²) in [5.74, 6) is 0. The molecule has 0 saturated carbocycles. The van der Waals surface area contributed by atoms with E-state index in [0.717, 1.165) is 11.1 Å². The summed E-state index contributed by atoms with van der Waals surface area (Å²) in [6, 6.07) is 9.17. The van der Waals surface area contributed by atoms with Crippen molar-refractivity contribution in [3.8, 4) is 0 Å². The molecule has 1 saturated heterocycles. The van der Waals surface area contributed by atoms with E-state index in [9.17, 15) is 0 Å². The normalized spacial score (nSPS) is 31.5. The fraction of sp³-hybridized carbons (Fsp3) is 0.500. The van der Waals surface area contributed by atoms with Gasteiger partial charge in [-0.3, -0.25) is 0 Å². The standard InChI is InChI=1S/C12H16BrNO/c1-8-7-15-12(9(2)14-8)10-3-5-11(13)6-4-10/h3-6,8-9,12,14H,7H2,1-2H3. The molecule has 0 aromatic heterocycles. The van der Waals surface area contributed by atoms with Crippen molar-refractivity contribution in [3.63, 3.8) is 0 Å². The minimum Gasteiger partial charge on any atom is -0.370 e. The molecule has 1 aromatic rings. The molecule has 3 heteroatoms. The van der Waals surface area contributed by atoms with Crippen LogP contribution < -0.4 is 5.32 Å². The number of ether oxygens (including phenoxy) is 1. The molecule has 0 spiro atoms. The zero-order chi connectivity index (χ0) is 10.8. The van der Waals surface area contributed by atoms with Crippen LogP contribution in [0.4, 0.5) is 0 Å². The van der Waals surface area contributed by atoms with Gasteiger partial charge in [-0.1, -0.05) is 28.1 Å². The fourth-order valence-corrected chi connectivity index (χ4v) is 2.28. The molecule has 0 aliphatic carbocycles. The predicted octanol–water partition coefficient (Wildman–Crippen LogP) is 2.89. The molecule has 0 radical (unpaired) electrons. The molecule has 2 nitrogen and oxygen atoms in total. The summed E-state index contributed by atoms with van der Waals surface area (Å²) >= 11 is 3.44. The van der Waals surface area contributed by atoms with Crippen molar-refractivity contribution >= 4 is 15.9 Å². The third-order valence-corrected chi connectivity index (χ3v) is 3.25. The second-order valence-corrected chi connectivity index (χ2v) is 5.08. The first-order valence-corrected chi connectivity index (χ1v) is 6.09. The van der Waals surface area contributed by atoms with Gasteiger partial charge in [-0.2, -0.15) is 0 Å². The fourth-order valence-electron chi connectivity index (χ4n) is 2.01. The summed E-state index contributed by atoms with van der Waals surface area (Å²) in [6.07, 6.45) is 0.175. The highest BCUT2D eigenvalue weighted by atomic mass is 79.9. The highest BCUT2D eigenvalue weighted by Crippen LogP contribution is 2.26. The molecule has 0 bridgehead atoms. The first-order valence-electron chi connectivity index (χ1n) is 5.30. The molecule has 15 heavy (non-hydrogen) atoms. The van der Waals surface area contributed by atoms with Crippen molar-refractivity contribution in [1.29, 1.82) is 0 Å². The summed E-state index contributed by atoms with van der Waals surface area (Å²) in [7, 11) is 0. The largest absolute Gasteiger partial charge is 0.370 e. The predicted molar refractivity (Wildman–Crippen MR) is 64.9 cm³/mol. The smallest absolute Gasteiger partial charge is 0.0975 e. The lowest BCUT2D eigenvalue weighted by Gasteiger charge is -2.34. The van der Waals surface area contributed by atoms with Gasteiger partial charge in [0, 0.05) is 16.6 Å². The number of hydrogen-bond donors (Lipinski definition) is 1. The Bertz CT molecular complexity index is 325. The Kier molecular flexibility index (Phi) is 3.44. The maximum atomic E-state index is 5.85. The zero-order valence-corrected chi connectivity index (χ0v) is 10.6. The second kappa shape index (κ2) is 4.64. The van der Waals surface area contributed by atoms with Gasteiger partial charge in [0.25, 0.3) is 0 Å². The highest BCUT2D eigenvalue weighted by Gasteiger charge is 2.26. The Labute approximate surface area is 99.1 Å². The molecule has 1 aromatic carbocycles. The van der Waals surface area contributed by atoms with Crippen LogP contribution in [0.25, 0.3) is 0 Å². The van der Waals surface area contributed by atoms with Crippen LogP contribution in [0.3, 0.4) is 0 Å². The summed E-state index contributed by atoms with van der Waals surface area (Å²) in [6.45, 7) is 5.10. The molecular formula is C12H16BrNO. The van der Waals surface area contributed by atoms with Gasteiger partial charge >= 0.3 is 0 Å². The number of nitrogens with one attached hydrogen (secondary N) is 1. The molecular weight excluding hydrogens is 254 g/mol. The van der Waals surface area contributed by atoms with Crippen LogP contribution >= 0.6 is 15.9 Å². The second-order valence-electron chi connectivity index (χ2n) is 4.16. The van der Waals surface area contributed by atoms with Gasteiger partial charge in [-0.05, 0) is 31.5 Å². The summed E-state index contributed by atoms with van der Waals surface area (Å²) in [4.78, 5) is 0. The Morgan fingerprint density at radius 3 is 2.53 bits per heavy atom. The lowest BCUT2D eigenvalue weighted by molar-refractivity contribution is -0.0207. The Hall–Kier alpha value is -0.380. The van der Waals surface area contributed by atoms with E-state index in [1.165, 1.54) is 5.56 Å². The van der Waals surface area contributed by atoms with Crippen LogP contribution in [-0.4, -0.2) is 18.7 Å². The highest BCUT2D eigenvalue weighted by molar-refractivity contribution is 9.10. The van der Waals surface area contributed by atoms with E-state index in [2.05, 4.69) is 59.4 Å². The summed E-state index contributed by atoms with van der Waals surface area (Å²) in [5, 5.41) is 3.51. The van der Waals surface area contributed by atoms with E-state index >= 15 is 0 Å². The molecule has 1 N–H and O–H groups in total. The molecule has 1 aliphatic rings. The van der Waals surface area contributed by atoms with Gasteiger partial charge in [-0.25, -0.2) is 0 Å². The first-order chi connectivity index (χ1) is 7.16. The molecule has 82 valence electrons. The van der Waals surface area contributed by atoms with E-state index in [1.807, 2.05) is 0 Å². The molecule has 1 fully saturated rings.